The first-order valence-corrected chi connectivity index (χ1v) is 10.4. The zero-order valence-corrected chi connectivity index (χ0v) is 19.6. The van der Waals surface area contributed by atoms with Crippen molar-refractivity contribution in [3.63, 3.8) is 0 Å². The summed E-state index contributed by atoms with van der Waals surface area (Å²) in [7, 11) is 6.20. The number of methoxy groups -OCH3 is 4. The number of ether oxygens (including phenoxy) is 4. The van der Waals surface area contributed by atoms with Gasteiger partial charge in [-0.05, 0) is 35.7 Å². The third-order valence-corrected chi connectivity index (χ3v) is 4.94. The van der Waals surface area contributed by atoms with Crippen LogP contribution in [0.25, 0.3) is 22.4 Å². The summed E-state index contributed by atoms with van der Waals surface area (Å²) in [6.07, 6.45) is 1.54. The van der Waals surface area contributed by atoms with Crippen molar-refractivity contribution in [1.29, 1.82) is 0 Å². The van der Waals surface area contributed by atoms with E-state index in [2.05, 4.69) is 15.8 Å². The Kier molecular flexibility index (Phi) is 7.66. The van der Waals surface area contributed by atoms with Gasteiger partial charge in [0.2, 0.25) is 5.75 Å². The highest BCUT2D eigenvalue weighted by Crippen LogP contribution is 2.43. The van der Waals surface area contributed by atoms with Gasteiger partial charge in [0.05, 0.1) is 34.1 Å². The van der Waals surface area contributed by atoms with Crippen LogP contribution in [-0.2, 0) is 0 Å². The molecule has 176 valence electrons. The van der Waals surface area contributed by atoms with Crippen molar-refractivity contribution in [2.75, 3.05) is 40.3 Å². The molecule has 3 rings (SSSR count). The van der Waals surface area contributed by atoms with Crippen molar-refractivity contribution in [3.8, 4) is 45.4 Å². The fourth-order valence-electron chi connectivity index (χ4n) is 3.30. The average molecular weight is 456 g/mol. The van der Waals surface area contributed by atoms with Crippen LogP contribution in [-0.4, -0.2) is 46.2 Å². The van der Waals surface area contributed by atoms with Gasteiger partial charge in [-0.1, -0.05) is 25.1 Å². The normalized spacial score (nSPS) is 10.6. The van der Waals surface area contributed by atoms with E-state index in [4.69, 9.17) is 23.5 Å². The standard InChI is InChI=1S/C24H29N3O6/c1-14(2)12-25-24(28)26-18-9-15(7-8-19(18)29-3)17-13-33-27-22(17)16-10-20(30-4)23(32-6)21(11-16)31-5/h7-11,13-14H,12H2,1-6H3,(H2,25,26,28). The predicted molar refractivity (Wildman–Crippen MR) is 125 cm³/mol. The number of hydrogen-bond acceptors (Lipinski definition) is 7. The Morgan fingerprint density at radius 3 is 2.18 bits per heavy atom. The Morgan fingerprint density at radius 2 is 1.61 bits per heavy atom. The molecule has 2 amide bonds. The second kappa shape index (κ2) is 10.6. The minimum Gasteiger partial charge on any atom is -0.495 e. The van der Waals surface area contributed by atoms with Gasteiger partial charge in [-0.15, -0.1) is 0 Å². The summed E-state index contributed by atoms with van der Waals surface area (Å²) in [4.78, 5) is 12.3. The zero-order chi connectivity index (χ0) is 24.0. The second-order valence-corrected chi connectivity index (χ2v) is 7.63. The molecule has 2 N–H and O–H groups in total. The smallest absolute Gasteiger partial charge is 0.319 e. The summed E-state index contributed by atoms with van der Waals surface area (Å²) >= 11 is 0. The lowest BCUT2D eigenvalue weighted by molar-refractivity contribution is 0.250. The molecule has 1 heterocycles. The maximum Gasteiger partial charge on any atom is 0.319 e. The van der Waals surface area contributed by atoms with Crippen molar-refractivity contribution < 1.29 is 28.3 Å². The largest absolute Gasteiger partial charge is 0.495 e. The number of carbonyl (C=O) groups is 1. The van der Waals surface area contributed by atoms with Crippen LogP contribution in [0.5, 0.6) is 23.0 Å². The summed E-state index contributed by atoms with van der Waals surface area (Å²) in [5, 5.41) is 9.87. The minimum atomic E-state index is -0.311. The summed E-state index contributed by atoms with van der Waals surface area (Å²) in [6, 6.07) is 8.73. The number of urea groups is 1. The number of aromatic nitrogens is 1. The Bertz CT molecular complexity index is 1080. The molecule has 33 heavy (non-hydrogen) atoms. The monoisotopic (exact) mass is 455 g/mol. The van der Waals surface area contributed by atoms with Crippen molar-refractivity contribution in [1.82, 2.24) is 10.5 Å². The highest BCUT2D eigenvalue weighted by molar-refractivity contribution is 5.93. The van der Waals surface area contributed by atoms with Crippen LogP contribution in [0.2, 0.25) is 0 Å². The first-order chi connectivity index (χ1) is 15.9. The van der Waals surface area contributed by atoms with Crippen LogP contribution in [0.3, 0.4) is 0 Å². The van der Waals surface area contributed by atoms with E-state index in [1.54, 1.807) is 52.9 Å². The summed E-state index contributed by atoms with van der Waals surface area (Å²) in [5.74, 6) is 2.35. The molecule has 1 aromatic heterocycles. The van der Waals surface area contributed by atoms with Crippen molar-refractivity contribution in [3.05, 3.63) is 36.6 Å². The zero-order valence-electron chi connectivity index (χ0n) is 19.6. The Hall–Kier alpha value is -3.88. The van der Waals surface area contributed by atoms with Gasteiger partial charge in [-0.2, -0.15) is 0 Å². The van der Waals surface area contributed by atoms with Gasteiger partial charge in [0, 0.05) is 17.7 Å². The number of carbonyl (C=O) groups excluding carboxylic acids is 1. The van der Waals surface area contributed by atoms with E-state index in [0.717, 1.165) is 11.1 Å². The SMILES string of the molecule is COc1ccc(-c2conc2-c2cc(OC)c(OC)c(OC)c2)cc1NC(=O)NCC(C)C. The molecule has 3 aromatic rings. The molecule has 0 radical (unpaired) electrons. The molecular formula is C24H29N3O6. The minimum absolute atomic E-state index is 0.311. The molecular weight excluding hydrogens is 426 g/mol. The Labute approximate surface area is 193 Å². The van der Waals surface area contributed by atoms with Gasteiger partial charge in [-0.3, -0.25) is 0 Å². The summed E-state index contributed by atoms with van der Waals surface area (Å²) in [5.41, 5.74) is 3.31. The third-order valence-electron chi connectivity index (χ3n) is 4.94. The molecule has 0 saturated heterocycles. The molecule has 9 heteroatoms. The predicted octanol–water partition coefficient (Wildman–Crippen LogP) is 4.82. The van der Waals surface area contributed by atoms with Gasteiger partial charge in [-0.25, -0.2) is 4.79 Å². The Balaban J connectivity index is 2.00. The highest BCUT2D eigenvalue weighted by Gasteiger charge is 2.20. The van der Waals surface area contributed by atoms with Crippen molar-refractivity contribution >= 4 is 11.7 Å². The fourth-order valence-corrected chi connectivity index (χ4v) is 3.30. The Morgan fingerprint density at radius 1 is 0.939 bits per heavy atom. The molecule has 0 saturated carbocycles. The lowest BCUT2D eigenvalue weighted by atomic mass is 10.0. The number of benzene rings is 2. The number of rotatable bonds is 9. The van der Waals surface area contributed by atoms with Crippen molar-refractivity contribution in [2.24, 2.45) is 5.92 Å². The van der Waals surface area contributed by atoms with E-state index in [1.807, 2.05) is 26.0 Å². The molecule has 0 aliphatic carbocycles. The van der Waals surface area contributed by atoms with Gasteiger partial charge >= 0.3 is 6.03 Å². The molecule has 0 unspecified atom stereocenters. The van der Waals surface area contributed by atoms with Crippen LogP contribution in [0.1, 0.15) is 13.8 Å². The van der Waals surface area contributed by atoms with Gasteiger partial charge in [0.25, 0.3) is 0 Å². The molecule has 0 spiro atoms. The van der Waals surface area contributed by atoms with Crippen molar-refractivity contribution in [2.45, 2.75) is 13.8 Å². The molecule has 2 aromatic carbocycles. The molecule has 0 aliphatic heterocycles. The van der Waals surface area contributed by atoms with Crippen LogP contribution in [0, 0.1) is 5.92 Å². The third kappa shape index (κ3) is 5.31. The first kappa shape index (κ1) is 23.8. The molecule has 0 aliphatic rings. The summed E-state index contributed by atoms with van der Waals surface area (Å²) in [6.45, 7) is 4.61. The molecule has 0 fully saturated rings. The molecule has 0 atom stereocenters. The van der Waals surface area contributed by atoms with Crippen LogP contribution >= 0.6 is 0 Å². The quantitative estimate of drug-likeness (QED) is 0.477. The van der Waals surface area contributed by atoms with E-state index < -0.39 is 0 Å². The van der Waals surface area contributed by atoms with Crippen LogP contribution in [0.15, 0.2) is 41.1 Å². The lowest BCUT2D eigenvalue weighted by Crippen LogP contribution is -2.31. The van der Waals surface area contributed by atoms with E-state index >= 15 is 0 Å². The van der Waals surface area contributed by atoms with E-state index in [1.165, 1.54) is 0 Å². The number of amides is 2. The fraction of sp³-hybridized carbons (Fsp3) is 0.333. The molecule has 9 nitrogen and oxygen atoms in total. The number of hydrogen-bond donors (Lipinski definition) is 2. The van der Waals surface area contributed by atoms with Gasteiger partial charge in [0.1, 0.15) is 17.7 Å². The maximum atomic E-state index is 12.3. The lowest BCUT2D eigenvalue weighted by Gasteiger charge is -2.15. The number of nitrogens with zero attached hydrogens (tertiary/aromatic N) is 1. The maximum absolute atomic E-state index is 12.3. The van der Waals surface area contributed by atoms with Crippen LogP contribution < -0.4 is 29.6 Å². The summed E-state index contributed by atoms with van der Waals surface area (Å²) < 4.78 is 27.1. The first-order valence-electron chi connectivity index (χ1n) is 10.4. The topological polar surface area (TPSA) is 104 Å². The van der Waals surface area contributed by atoms with E-state index in [-0.39, 0.29) is 6.03 Å². The van der Waals surface area contributed by atoms with E-state index in [0.29, 0.717) is 52.4 Å². The number of anilines is 1. The second-order valence-electron chi connectivity index (χ2n) is 7.63. The van der Waals surface area contributed by atoms with Gasteiger partial charge < -0.3 is 34.1 Å². The molecule has 0 bridgehead atoms. The van der Waals surface area contributed by atoms with Gasteiger partial charge in [0.15, 0.2) is 11.5 Å². The van der Waals surface area contributed by atoms with Crippen LogP contribution in [0.4, 0.5) is 10.5 Å². The number of nitrogens with one attached hydrogen (secondary N) is 2. The highest BCUT2D eigenvalue weighted by atomic mass is 16.5. The van der Waals surface area contributed by atoms with E-state index in [9.17, 15) is 4.79 Å². The average Bonchev–Trinajstić information content (AvgIpc) is 3.31.